The summed E-state index contributed by atoms with van der Waals surface area (Å²) in [7, 11) is 0. The number of hydrogen-bond donors (Lipinski definition) is 3. The van der Waals surface area contributed by atoms with E-state index >= 15 is 0 Å². The first kappa shape index (κ1) is 16.9. The molecule has 0 fully saturated rings. The molecule has 18 heavy (non-hydrogen) atoms. The molecule has 0 spiro atoms. The van der Waals surface area contributed by atoms with Gasteiger partial charge in [-0.05, 0) is 24.1 Å². The summed E-state index contributed by atoms with van der Waals surface area (Å²) in [4.78, 5) is 10.7. The van der Waals surface area contributed by atoms with Crippen LogP contribution in [0.2, 0.25) is 0 Å². The van der Waals surface area contributed by atoms with E-state index < -0.39 is 18.1 Å². The van der Waals surface area contributed by atoms with E-state index in [0.29, 0.717) is 6.42 Å². The van der Waals surface area contributed by atoms with Crippen LogP contribution in [0.15, 0.2) is 24.3 Å². The molecule has 0 saturated heterocycles. The monoisotopic (exact) mass is 273 g/mol. The highest BCUT2D eigenvalue weighted by Gasteiger charge is 2.16. The van der Waals surface area contributed by atoms with E-state index in [-0.39, 0.29) is 18.0 Å². The molecule has 0 aliphatic heterocycles. The number of aliphatic hydroxyl groups is 1. The van der Waals surface area contributed by atoms with Gasteiger partial charge in [0.05, 0.1) is 17.7 Å². The fraction of sp³-hybridized carbons (Fsp3) is 0.462. The molecule has 1 rings (SSSR count). The Morgan fingerprint density at radius 2 is 1.89 bits per heavy atom. The number of nitrogens with two attached hydrogens (primary N) is 1. The first-order chi connectivity index (χ1) is 8.06. The van der Waals surface area contributed by atoms with E-state index in [9.17, 15) is 9.90 Å². The van der Waals surface area contributed by atoms with E-state index in [1.165, 1.54) is 12.1 Å². The Hall–Kier alpha value is -1.10. The Balaban J connectivity index is 0.00000289. The molecule has 0 aliphatic carbocycles. The van der Waals surface area contributed by atoms with Crippen molar-refractivity contribution in [1.29, 1.82) is 0 Å². The number of carbonyl (C=O) groups is 1. The number of carboxylic acids is 1. The lowest BCUT2D eigenvalue weighted by atomic mass is 9.97. The summed E-state index contributed by atoms with van der Waals surface area (Å²) in [5, 5.41) is 18.6. The number of benzene rings is 1. The van der Waals surface area contributed by atoms with E-state index in [1.54, 1.807) is 12.1 Å². The summed E-state index contributed by atoms with van der Waals surface area (Å²) in [5.41, 5.74) is 6.90. The van der Waals surface area contributed by atoms with Crippen LogP contribution < -0.4 is 5.73 Å². The molecule has 0 unspecified atom stereocenters. The average molecular weight is 274 g/mol. The summed E-state index contributed by atoms with van der Waals surface area (Å²) in [6.07, 6.45) is 2.04. The molecule has 0 heterocycles. The molecule has 0 bridgehead atoms. The zero-order valence-electron chi connectivity index (χ0n) is 10.4. The van der Waals surface area contributed by atoms with Crippen molar-refractivity contribution < 1.29 is 15.0 Å². The quantitative estimate of drug-likeness (QED) is 0.743. The van der Waals surface area contributed by atoms with Gasteiger partial charge in [-0.2, -0.15) is 0 Å². The topological polar surface area (TPSA) is 83.5 Å². The third kappa shape index (κ3) is 4.64. The summed E-state index contributed by atoms with van der Waals surface area (Å²) >= 11 is 0. The maximum Gasteiger partial charge on any atom is 0.335 e. The van der Waals surface area contributed by atoms with Crippen LogP contribution in [0.1, 0.15) is 48.1 Å². The van der Waals surface area contributed by atoms with Crippen molar-refractivity contribution in [2.24, 2.45) is 5.73 Å². The molecule has 4 N–H and O–H groups in total. The zero-order valence-corrected chi connectivity index (χ0v) is 11.2. The van der Waals surface area contributed by atoms with Crippen molar-refractivity contribution in [2.45, 2.75) is 38.3 Å². The third-order valence-corrected chi connectivity index (χ3v) is 2.81. The van der Waals surface area contributed by atoms with Gasteiger partial charge in [-0.15, -0.1) is 12.4 Å². The highest BCUT2D eigenvalue weighted by atomic mass is 35.5. The molecule has 0 aliphatic rings. The Morgan fingerprint density at radius 3 is 2.33 bits per heavy atom. The second-order valence-corrected chi connectivity index (χ2v) is 4.16. The smallest absolute Gasteiger partial charge is 0.335 e. The molecular formula is C13H20ClNO3. The van der Waals surface area contributed by atoms with Crippen LogP contribution >= 0.6 is 12.4 Å². The summed E-state index contributed by atoms with van der Waals surface area (Å²) < 4.78 is 0. The largest absolute Gasteiger partial charge is 0.478 e. The van der Waals surface area contributed by atoms with Crippen LogP contribution in [0.25, 0.3) is 0 Å². The summed E-state index contributed by atoms with van der Waals surface area (Å²) in [6, 6.07) is 5.87. The lowest BCUT2D eigenvalue weighted by Gasteiger charge is -2.19. The number of carboxylic acid groups (broad SMARTS) is 1. The van der Waals surface area contributed by atoms with E-state index in [2.05, 4.69) is 6.92 Å². The van der Waals surface area contributed by atoms with Gasteiger partial charge in [0.15, 0.2) is 0 Å². The fourth-order valence-electron chi connectivity index (χ4n) is 1.66. The van der Waals surface area contributed by atoms with Gasteiger partial charge in [-0.3, -0.25) is 0 Å². The van der Waals surface area contributed by atoms with Gasteiger partial charge >= 0.3 is 5.97 Å². The van der Waals surface area contributed by atoms with Gasteiger partial charge in [0.2, 0.25) is 0 Å². The minimum atomic E-state index is -0.961. The highest BCUT2D eigenvalue weighted by molar-refractivity contribution is 5.87. The van der Waals surface area contributed by atoms with Crippen LogP contribution in [0.5, 0.6) is 0 Å². The molecule has 0 aromatic heterocycles. The van der Waals surface area contributed by atoms with Crippen LogP contribution in [-0.4, -0.2) is 22.3 Å². The summed E-state index contributed by atoms with van der Waals surface area (Å²) in [5.74, 6) is -0.961. The second kappa shape index (κ2) is 8.08. The van der Waals surface area contributed by atoms with Crippen LogP contribution in [0, 0.1) is 0 Å². The number of aromatic carboxylic acids is 1. The lowest BCUT2D eigenvalue weighted by Crippen LogP contribution is -2.26. The van der Waals surface area contributed by atoms with Crippen molar-refractivity contribution in [1.82, 2.24) is 0 Å². The Morgan fingerprint density at radius 1 is 1.33 bits per heavy atom. The van der Waals surface area contributed by atoms with Gasteiger partial charge in [0, 0.05) is 0 Å². The molecule has 0 amide bonds. The van der Waals surface area contributed by atoms with Crippen molar-refractivity contribution in [3.8, 4) is 0 Å². The molecule has 1 aromatic carbocycles. The van der Waals surface area contributed by atoms with Crippen molar-refractivity contribution in [2.75, 3.05) is 0 Å². The minimum absolute atomic E-state index is 0. The molecule has 5 heteroatoms. The van der Waals surface area contributed by atoms with Gasteiger partial charge in [-0.1, -0.05) is 31.9 Å². The molecule has 2 atom stereocenters. The van der Waals surface area contributed by atoms with Gasteiger partial charge < -0.3 is 15.9 Å². The first-order valence-electron chi connectivity index (χ1n) is 5.83. The number of hydrogen-bond acceptors (Lipinski definition) is 3. The van der Waals surface area contributed by atoms with Crippen LogP contribution in [-0.2, 0) is 0 Å². The Labute approximate surface area is 113 Å². The predicted octanol–water partition coefficient (Wildman–Crippen LogP) is 2.36. The highest BCUT2D eigenvalue weighted by Crippen LogP contribution is 2.18. The van der Waals surface area contributed by atoms with E-state index in [4.69, 9.17) is 10.8 Å². The lowest BCUT2D eigenvalue weighted by molar-refractivity contribution is 0.0697. The number of unbranched alkanes of at least 4 members (excludes halogenated alkanes) is 1. The Kier molecular flexibility index (Phi) is 7.59. The number of aliphatic hydroxyl groups excluding tert-OH is 1. The third-order valence-electron chi connectivity index (χ3n) is 2.81. The predicted molar refractivity (Wildman–Crippen MR) is 73.1 cm³/mol. The molecule has 0 saturated carbocycles. The maximum atomic E-state index is 10.7. The van der Waals surface area contributed by atoms with Crippen molar-refractivity contribution in [3.05, 3.63) is 35.4 Å². The average Bonchev–Trinajstić information content (AvgIpc) is 2.35. The fourth-order valence-corrected chi connectivity index (χ4v) is 1.66. The molecule has 4 nitrogen and oxygen atoms in total. The van der Waals surface area contributed by atoms with Crippen molar-refractivity contribution >= 4 is 18.4 Å². The molecular weight excluding hydrogens is 254 g/mol. The van der Waals surface area contributed by atoms with E-state index in [1.807, 2.05) is 0 Å². The number of halogens is 1. The SMILES string of the molecule is CCCC[C@@H](O)[C@@H](N)c1ccc(C(=O)O)cc1.Cl. The second-order valence-electron chi connectivity index (χ2n) is 4.16. The van der Waals surface area contributed by atoms with Gasteiger partial charge in [0.25, 0.3) is 0 Å². The maximum absolute atomic E-state index is 10.7. The summed E-state index contributed by atoms with van der Waals surface area (Å²) in [6.45, 7) is 2.06. The Bertz CT molecular complexity index is 367. The first-order valence-corrected chi connectivity index (χ1v) is 5.83. The molecule has 102 valence electrons. The van der Waals surface area contributed by atoms with Gasteiger partial charge in [0.1, 0.15) is 0 Å². The minimum Gasteiger partial charge on any atom is -0.478 e. The molecule has 1 aromatic rings. The van der Waals surface area contributed by atoms with Crippen LogP contribution in [0.4, 0.5) is 0 Å². The molecule has 0 radical (unpaired) electrons. The van der Waals surface area contributed by atoms with E-state index in [0.717, 1.165) is 18.4 Å². The normalized spacial score (nSPS) is 13.5. The standard InChI is InChI=1S/C13H19NO3.ClH/c1-2-3-4-11(15)12(14)9-5-7-10(8-6-9)13(16)17;/h5-8,11-12,15H,2-4,14H2,1H3,(H,16,17);1H/t11-,12+;/m1./s1. The van der Waals surface area contributed by atoms with Crippen LogP contribution in [0.3, 0.4) is 0 Å². The number of rotatable bonds is 6. The zero-order chi connectivity index (χ0) is 12.8. The van der Waals surface area contributed by atoms with Crippen molar-refractivity contribution in [3.63, 3.8) is 0 Å². The van der Waals surface area contributed by atoms with Gasteiger partial charge in [-0.25, -0.2) is 4.79 Å².